The van der Waals surface area contributed by atoms with Gasteiger partial charge in [-0.1, -0.05) is 13.8 Å². The number of thioether (sulfide) groups is 1. The third-order valence-electron chi connectivity index (χ3n) is 2.35. The van der Waals surface area contributed by atoms with Crippen molar-refractivity contribution in [3.8, 4) is 0 Å². The Kier molecular flexibility index (Phi) is 5.71. The van der Waals surface area contributed by atoms with Crippen LogP contribution >= 0.6 is 11.8 Å². The van der Waals surface area contributed by atoms with Crippen molar-refractivity contribution in [2.24, 2.45) is 0 Å². The average Bonchev–Trinajstić information content (AvgIpc) is 2.26. The summed E-state index contributed by atoms with van der Waals surface area (Å²) in [7, 11) is 4.11. The highest BCUT2D eigenvalue weighted by molar-refractivity contribution is 7.99. The first-order valence-corrected chi connectivity index (χ1v) is 6.64. The second-order valence-corrected chi connectivity index (χ2v) is 5.84. The monoisotopic (exact) mass is 238 g/mol. The molecule has 0 unspecified atom stereocenters. The van der Waals surface area contributed by atoms with Crippen LogP contribution in [0.5, 0.6) is 0 Å². The van der Waals surface area contributed by atoms with Crippen LogP contribution in [0.2, 0.25) is 0 Å². The van der Waals surface area contributed by atoms with Crippen LogP contribution in [0.1, 0.15) is 13.8 Å². The van der Waals surface area contributed by atoms with E-state index in [1.54, 1.807) is 0 Å². The van der Waals surface area contributed by atoms with Crippen LogP contribution in [-0.4, -0.2) is 32.4 Å². The molecule has 0 saturated heterocycles. The van der Waals surface area contributed by atoms with E-state index < -0.39 is 0 Å². The highest BCUT2D eigenvalue weighted by Crippen LogP contribution is 2.24. The third-order valence-corrected chi connectivity index (χ3v) is 3.36. The van der Waals surface area contributed by atoms with E-state index in [1.165, 1.54) is 10.6 Å². The average molecular weight is 238 g/mol. The maximum absolute atomic E-state index is 3.16. The van der Waals surface area contributed by atoms with Crippen molar-refractivity contribution in [3.63, 3.8) is 0 Å². The summed E-state index contributed by atoms with van der Waals surface area (Å²) in [5.74, 6) is 0. The van der Waals surface area contributed by atoms with Gasteiger partial charge < -0.3 is 10.2 Å². The number of rotatable bonds is 6. The molecular weight excluding hydrogens is 216 g/mol. The number of likely N-dealkylation sites (N-methyl/N-ethyl adjacent to an activating group) is 2. The van der Waals surface area contributed by atoms with Crippen molar-refractivity contribution in [3.05, 3.63) is 24.3 Å². The molecule has 1 aromatic carbocycles. The van der Waals surface area contributed by atoms with Gasteiger partial charge in [-0.3, -0.25) is 0 Å². The lowest BCUT2D eigenvalue weighted by Crippen LogP contribution is -2.26. The Morgan fingerprint density at radius 2 is 1.88 bits per heavy atom. The van der Waals surface area contributed by atoms with E-state index in [0.717, 1.165) is 13.1 Å². The van der Waals surface area contributed by atoms with E-state index in [1.807, 2.05) is 18.8 Å². The molecule has 0 atom stereocenters. The van der Waals surface area contributed by atoms with E-state index in [2.05, 4.69) is 55.4 Å². The minimum absolute atomic E-state index is 0.646. The first-order chi connectivity index (χ1) is 7.63. The molecule has 0 radical (unpaired) electrons. The summed E-state index contributed by atoms with van der Waals surface area (Å²) >= 11 is 1.91. The molecule has 2 nitrogen and oxygen atoms in total. The quantitative estimate of drug-likeness (QED) is 0.767. The number of benzene rings is 1. The predicted molar refractivity (Wildman–Crippen MR) is 74.6 cm³/mol. The van der Waals surface area contributed by atoms with E-state index in [-0.39, 0.29) is 0 Å². The Hall–Kier alpha value is -0.670. The van der Waals surface area contributed by atoms with Gasteiger partial charge in [-0.05, 0) is 31.3 Å². The van der Waals surface area contributed by atoms with E-state index in [0.29, 0.717) is 5.25 Å². The lowest BCUT2D eigenvalue weighted by atomic mass is 10.3. The van der Waals surface area contributed by atoms with Crippen molar-refractivity contribution < 1.29 is 0 Å². The van der Waals surface area contributed by atoms with E-state index in [4.69, 9.17) is 0 Å². The third kappa shape index (κ3) is 4.45. The number of nitrogens with one attached hydrogen (secondary N) is 1. The molecule has 0 heterocycles. The summed E-state index contributed by atoms with van der Waals surface area (Å²) < 4.78 is 0. The summed E-state index contributed by atoms with van der Waals surface area (Å²) in [5, 5.41) is 3.81. The fourth-order valence-electron chi connectivity index (χ4n) is 1.46. The van der Waals surface area contributed by atoms with E-state index in [9.17, 15) is 0 Å². The first kappa shape index (κ1) is 13.4. The smallest absolute Gasteiger partial charge is 0.0364 e. The molecular formula is C13H22N2S. The van der Waals surface area contributed by atoms with Crippen LogP contribution in [0.3, 0.4) is 0 Å². The molecule has 0 aliphatic rings. The molecule has 0 spiro atoms. The largest absolute Gasteiger partial charge is 0.373 e. The molecule has 0 amide bonds. The Bertz CT molecular complexity index is 295. The maximum atomic E-state index is 3.16. The molecule has 0 aromatic heterocycles. The highest BCUT2D eigenvalue weighted by atomic mass is 32.2. The fourth-order valence-corrected chi connectivity index (χ4v) is 2.30. The minimum Gasteiger partial charge on any atom is -0.373 e. The summed E-state index contributed by atoms with van der Waals surface area (Å²) in [6, 6.07) is 8.80. The van der Waals surface area contributed by atoms with Gasteiger partial charge in [-0.25, -0.2) is 0 Å². The van der Waals surface area contributed by atoms with Gasteiger partial charge in [0.05, 0.1) is 0 Å². The zero-order valence-electron chi connectivity index (χ0n) is 10.7. The van der Waals surface area contributed by atoms with Gasteiger partial charge in [-0.2, -0.15) is 0 Å². The molecule has 1 N–H and O–H groups in total. The van der Waals surface area contributed by atoms with Crippen molar-refractivity contribution in [2.45, 2.75) is 24.0 Å². The van der Waals surface area contributed by atoms with Crippen LogP contribution in [0.4, 0.5) is 5.69 Å². The van der Waals surface area contributed by atoms with Gasteiger partial charge in [0.2, 0.25) is 0 Å². The van der Waals surface area contributed by atoms with Crippen LogP contribution in [-0.2, 0) is 0 Å². The van der Waals surface area contributed by atoms with Gasteiger partial charge >= 0.3 is 0 Å². The number of hydrogen-bond donors (Lipinski definition) is 1. The summed E-state index contributed by atoms with van der Waals surface area (Å²) in [6.45, 7) is 6.49. The molecule has 1 aromatic rings. The van der Waals surface area contributed by atoms with Gasteiger partial charge in [0.15, 0.2) is 0 Å². The molecule has 1 rings (SSSR count). The molecule has 16 heavy (non-hydrogen) atoms. The second kappa shape index (κ2) is 6.81. The lowest BCUT2D eigenvalue weighted by molar-refractivity contribution is 0.767. The van der Waals surface area contributed by atoms with Gasteiger partial charge in [0.1, 0.15) is 0 Å². The lowest BCUT2D eigenvalue weighted by Gasteiger charge is -2.19. The van der Waals surface area contributed by atoms with E-state index >= 15 is 0 Å². The number of hydrogen-bond acceptors (Lipinski definition) is 3. The Morgan fingerprint density at radius 1 is 1.25 bits per heavy atom. The highest BCUT2D eigenvalue weighted by Gasteiger charge is 2.01. The maximum Gasteiger partial charge on any atom is 0.0364 e. The molecule has 0 saturated carbocycles. The normalized spacial score (nSPS) is 10.8. The Labute approximate surface area is 103 Å². The standard InChI is InChI=1S/C13H22N2S/c1-11(2)16-13-7-5-12(6-8-13)15(4)10-9-14-3/h5-8,11,14H,9-10H2,1-4H3. The topological polar surface area (TPSA) is 15.3 Å². The van der Waals surface area contributed by atoms with Crippen LogP contribution in [0.25, 0.3) is 0 Å². The van der Waals surface area contributed by atoms with Gasteiger partial charge in [0, 0.05) is 36.0 Å². The SMILES string of the molecule is CNCCN(C)c1ccc(SC(C)C)cc1. The molecule has 90 valence electrons. The van der Waals surface area contributed by atoms with Crippen molar-refractivity contribution >= 4 is 17.4 Å². The van der Waals surface area contributed by atoms with Gasteiger partial charge in [0.25, 0.3) is 0 Å². The van der Waals surface area contributed by atoms with Crippen LogP contribution < -0.4 is 10.2 Å². The Balaban J connectivity index is 2.56. The fraction of sp³-hybridized carbons (Fsp3) is 0.538. The molecule has 0 aliphatic carbocycles. The molecule has 0 aliphatic heterocycles. The summed E-state index contributed by atoms with van der Waals surface area (Å²) in [5.41, 5.74) is 1.28. The second-order valence-electron chi connectivity index (χ2n) is 4.19. The molecule has 0 fully saturated rings. The molecule has 3 heteroatoms. The first-order valence-electron chi connectivity index (χ1n) is 5.76. The number of anilines is 1. The molecule has 0 bridgehead atoms. The van der Waals surface area contributed by atoms with Crippen molar-refractivity contribution in [1.82, 2.24) is 5.32 Å². The number of nitrogens with zero attached hydrogens (tertiary/aromatic N) is 1. The minimum atomic E-state index is 0.646. The van der Waals surface area contributed by atoms with Gasteiger partial charge in [-0.15, -0.1) is 11.8 Å². The summed E-state index contributed by atoms with van der Waals surface area (Å²) in [6.07, 6.45) is 0. The van der Waals surface area contributed by atoms with Crippen LogP contribution in [0.15, 0.2) is 29.2 Å². The zero-order chi connectivity index (χ0) is 12.0. The zero-order valence-corrected chi connectivity index (χ0v) is 11.5. The predicted octanol–water partition coefficient (Wildman–Crippen LogP) is 2.84. The van der Waals surface area contributed by atoms with Crippen molar-refractivity contribution in [2.75, 3.05) is 32.1 Å². The Morgan fingerprint density at radius 3 is 2.38 bits per heavy atom. The van der Waals surface area contributed by atoms with Crippen LogP contribution in [0, 0.1) is 0 Å². The van der Waals surface area contributed by atoms with Crippen molar-refractivity contribution in [1.29, 1.82) is 0 Å². The summed E-state index contributed by atoms with van der Waals surface area (Å²) in [4.78, 5) is 3.61.